The lowest BCUT2D eigenvalue weighted by atomic mass is 10.1. The molecule has 0 spiro atoms. The van der Waals surface area contributed by atoms with Crippen molar-refractivity contribution in [1.82, 2.24) is 34.4 Å². The van der Waals surface area contributed by atoms with E-state index in [1.807, 2.05) is 59.7 Å². The third kappa shape index (κ3) is 4.60. The van der Waals surface area contributed by atoms with Crippen molar-refractivity contribution in [3.63, 3.8) is 0 Å². The predicted octanol–water partition coefficient (Wildman–Crippen LogP) is 3.94. The molecule has 0 radical (unpaired) electrons. The molecule has 3 aromatic heterocycles. The smallest absolute Gasteiger partial charge is 0.245 e. The first-order chi connectivity index (χ1) is 17.4. The zero-order valence-corrected chi connectivity index (χ0v) is 20.5. The lowest BCUT2D eigenvalue weighted by Gasteiger charge is -2.11. The minimum absolute atomic E-state index is 0.0990. The van der Waals surface area contributed by atoms with Crippen LogP contribution in [0.1, 0.15) is 19.0 Å². The zero-order valence-electron chi connectivity index (χ0n) is 20.5. The van der Waals surface area contributed by atoms with Gasteiger partial charge in [-0.2, -0.15) is 15.1 Å². The number of hydrogen-bond acceptors (Lipinski definition) is 8. The van der Waals surface area contributed by atoms with E-state index in [1.165, 1.54) is 11.4 Å². The van der Waals surface area contributed by atoms with E-state index in [0.29, 0.717) is 35.9 Å². The Hall–Kier alpha value is -4.02. The second kappa shape index (κ2) is 9.92. The monoisotopic (exact) mass is 487 g/mol. The summed E-state index contributed by atoms with van der Waals surface area (Å²) < 4.78 is 9.84. The summed E-state index contributed by atoms with van der Waals surface area (Å²) in [6, 6.07) is 13.3. The van der Waals surface area contributed by atoms with Crippen LogP contribution < -0.4 is 4.74 Å². The maximum Gasteiger partial charge on any atom is 0.245 e. The normalized spacial score (nSPS) is 15.8. The largest absolute Gasteiger partial charge is 0.508 e. The van der Waals surface area contributed by atoms with Crippen molar-refractivity contribution in [3.8, 4) is 23.0 Å². The number of fused-ring (bicyclic) bond motifs is 2. The van der Waals surface area contributed by atoms with Gasteiger partial charge in [0.05, 0.1) is 18.3 Å². The molecule has 1 fully saturated rings. The molecule has 0 aliphatic carbocycles. The van der Waals surface area contributed by atoms with Crippen LogP contribution in [0.4, 0.5) is 0 Å². The van der Waals surface area contributed by atoms with Crippen LogP contribution in [0.3, 0.4) is 0 Å². The molecule has 6 rings (SSSR count). The fraction of sp³-hybridized carbons (Fsp3) is 0.308. The van der Waals surface area contributed by atoms with Gasteiger partial charge in [-0.25, -0.2) is 9.97 Å². The number of imidazole rings is 1. The van der Waals surface area contributed by atoms with Gasteiger partial charge in [-0.15, -0.1) is 0 Å². The van der Waals surface area contributed by atoms with Crippen LogP contribution in [0.15, 0.2) is 55.0 Å². The number of rotatable bonds is 4. The van der Waals surface area contributed by atoms with Crippen LogP contribution in [-0.2, 0) is 13.6 Å². The molecule has 0 amide bonds. The van der Waals surface area contributed by atoms with Gasteiger partial charge in [0.15, 0.2) is 11.2 Å². The molecule has 10 heteroatoms. The molecule has 1 aliphatic heterocycles. The number of hydroxylamine groups is 2. The number of nitrogens with zero attached hydrogens (tertiary/aromatic N) is 7. The molecule has 4 heterocycles. The summed E-state index contributed by atoms with van der Waals surface area (Å²) in [5.41, 5.74) is 3.36. The van der Waals surface area contributed by atoms with Crippen molar-refractivity contribution in [1.29, 1.82) is 0 Å². The first-order valence-corrected chi connectivity index (χ1v) is 11.9. The topological polar surface area (TPSA) is 114 Å². The Morgan fingerprint density at radius 1 is 1.11 bits per heavy atom. The van der Waals surface area contributed by atoms with Gasteiger partial charge in [-0.3, -0.25) is 4.68 Å². The van der Waals surface area contributed by atoms with Crippen molar-refractivity contribution in [2.45, 2.75) is 32.9 Å². The lowest BCUT2D eigenvalue weighted by molar-refractivity contribution is -0.0746. The highest BCUT2D eigenvalue weighted by Gasteiger charge is 2.25. The molecule has 5 aromatic rings. The quantitative estimate of drug-likeness (QED) is 0.392. The number of hydrogen-bond donors (Lipinski definition) is 2. The van der Waals surface area contributed by atoms with E-state index in [9.17, 15) is 5.21 Å². The average Bonchev–Trinajstić information content (AvgIpc) is 3.56. The number of ether oxygens (including phenoxy) is 1. The third-order valence-corrected chi connectivity index (χ3v) is 6.40. The van der Waals surface area contributed by atoms with Crippen LogP contribution in [-0.4, -0.2) is 63.9 Å². The highest BCUT2D eigenvalue weighted by Crippen LogP contribution is 2.29. The minimum atomic E-state index is -0.0990. The first-order valence-electron chi connectivity index (χ1n) is 11.9. The summed E-state index contributed by atoms with van der Waals surface area (Å²) in [5.74, 6) is 1.56. The number of benzene rings is 2. The van der Waals surface area contributed by atoms with Gasteiger partial charge in [0.25, 0.3) is 0 Å². The van der Waals surface area contributed by atoms with E-state index in [-0.39, 0.29) is 6.10 Å². The summed E-state index contributed by atoms with van der Waals surface area (Å²) >= 11 is 0. The SMILES string of the molecule is CCn1ncc(-c2nc3c(O[C@H]4CCN(O)C4)ncnc3n2C)c1C.Oc1ccc2ccccc2c1. The Balaban J connectivity index is 0.000000202. The molecule has 1 atom stereocenters. The Labute approximate surface area is 208 Å². The number of phenolic OH excluding ortho intramolecular Hbond substituents is 1. The van der Waals surface area contributed by atoms with Gasteiger partial charge in [0.2, 0.25) is 5.88 Å². The molecule has 2 aromatic carbocycles. The number of phenols is 1. The third-order valence-electron chi connectivity index (χ3n) is 6.40. The van der Waals surface area contributed by atoms with Gasteiger partial charge in [0.1, 0.15) is 24.0 Å². The number of aromatic hydroxyl groups is 1. The highest BCUT2D eigenvalue weighted by molar-refractivity contribution is 5.83. The minimum Gasteiger partial charge on any atom is -0.508 e. The molecule has 1 aliphatic rings. The first kappa shape index (κ1) is 23.7. The molecular formula is C26H29N7O3. The van der Waals surface area contributed by atoms with E-state index in [1.54, 1.807) is 12.1 Å². The van der Waals surface area contributed by atoms with Gasteiger partial charge < -0.3 is 19.6 Å². The summed E-state index contributed by atoms with van der Waals surface area (Å²) in [6.45, 7) is 5.96. The van der Waals surface area contributed by atoms with E-state index < -0.39 is 0 Å². The molecular weight excluding hydrogens is 458 g/mol. The molecule has 10 nitrogen and oxygen atoms in total. The summed E-state index contributed by atoms with van der Waals surface area (Å²) in [5, 5.41) is 26.6. The van der Waals surface area contributed by atoms with E-state index >= 15 is 0 Å². The summed E-state index contributed by atoms with van der Waals surface area (Å²) in [4.78, 5) is 13.3. The van der Waals surface area contributed by atoms with Crippen LogP contribution in [0.2, 0.25) is 0 Å². The van der Waals surface area contributed by atoms with Crippen molar-refractivity contribution in [2.75, 3.05) is 13.1 Å². The van der Waals surface area contributed by atoms with Crippen molar-refractivity contribution >= 4 is 21.9 Å². The van der Waals surface area contributed by atoms with Crippen LogP contribution in [0, 0.1) is 6.92 Å². The van der Waals surface area contributed by atoms with Crippen LogP contribution in [0.5, 0.6) is 11.6 Å². The second-order valence-electron chi connectivity index (χ2n) is 8.78. The molecule has 0 saturated carbocycles. The van der Waals surface area contributed by atoms with Crippen LogP contribution >= 0.6 is 0 Å². The Kier molecular flexibility index (Phi) is 6.53. The van der Waals surface area contributed by atoms with Gasteiger partial charge in [-0.05, 0) is 36.8 Å². The van der Waals surface area contributed by atoms with Crippen molar-refractivity contribution < 1.29 is 15.1 Å². The zero-order chi connectivity index (χ0) is 25.2. The maximum atomic E-state index is 9.54. The summed E-state index contributed by atoms with van der Waals surface area (Å²) in [7, 11) is 1.93. The van der Waals surface area contributed by atoms with E-state index in [4.69, 9.17) is 14.8 Å². The van der Waals surface area contributed by atoms with Gasteiger partial charge in [0, 0.05) is 32.3 Å². The van der Waals surface area contributed by atoms with Crippen LogP contribution in [0.25, 0.3) is 33.3 Å². The Bertz CT molecular complexity index is 1510. The van der Waals surface area contributed by atoms with Crippen molar-refractivity contribution in [3.05, 3.63) is 60.7 Å². The standard InChI is InChI=1S/C16H21N7O2.C10H8O/c1-4-23-10(2)12(7-19-23)14-20-13-15(21(14)3)17-9-18-16(13)25-11-5-6-22(24)8-11;11-10-6-5-8-3-1-2-4-9(8)7-10/h7,9,11,24H,4-6,8H2,1-3H3;1-7,11H/t11-;/m0./s1. The van der Waals surface area contributed by atoms with Gasteiger partial charge >= 0.3 is 0 Å². The molecule has 186 valence electrons. The Morgan fingerprint density at radius 3 is 2.64 bits per heavy atom. The molecule has 1 saturated heterocycles. The Morgan fingerprint density at radius 2 is 1.92 bits per heavy atom. The maximum absolute atomic E-state index is 9.54. The molecule has 0 unspecified atom stereocenters. The average molecular weight is 488 g/mol. The van der Waals surface area contributed by atoms with E-state index in [0.717, 1.165) is 40.8 Å². The lowest BCUT2D eigenvalue weighted by Crippen LogP contribution is -2.22. The molecule has 36 heavy (non-hydrogen) atoms. The predicted molar refractivity (Wildman–Crippen MR) is 136 cm³/mol. The second-order valence-corrected chi connectivity index (χ2v) is 8.78. The fourth-order valence-corrected chi connectivity index (χ4v) is 4.43. The molecule has 2 N–H and O–H groups in total. The van der Waals surface area contributed by atoms with Gasteiger partial charge in [-0.1, -0.05) is 30.3 Å². The van der Waals surface area contributed by atoms with E-state index in [2.05, 4.69) is 22.0 Å². The highest BCUT2D eigenvalue weighted by atomic mass is 16.5. The number of aryl methyl sites for hydroxylation is 2. The number of aromatic nitrogens is 6. The molecule has 0 bridgehead atoms. The van der Waals surface area contributed by atoms with Crippen molar-refractivity contribution in [2.24, 2.45) is 7.05 Å². The fourth-order valence-electron chi connectivity index (χ4n) is 4.43. The summed E-state index contributed by atoms with van der Waals surface area (Å²) in [6.07, 6.45) is 3.97.